The third-order valence-electron chi connectivity index (χ3n) is 9.16. The topological polar surface area (TPSA) is 67.8 Å². The number of nitrogens with zero attached hydrogens (tertiary/aromatic N) is 6. The molecule has 2 aromatic carbocycles. The van der Waals surface area contributed by atoms with E-state index >= 15 is 4.39 Å². The number of hydrogen-bond acceptors (Lipinski definition) is 7. The molecule has 1 N–H and O–H groups in total. The Morgan fingerprint density at radius 2 is 1.36 bits per heavy atom. The van der Waals surface area contributed by atoms with Gasteiger partial charge in [0.2, 0.25) is 5.95 Å². The van der Waals surface area contributed by atoms with Gasteiger partial charge in [-0.15, -0.1) is 0 Å². The molecule has 4 atom stereocenters. The summed E-state index contributed by atoms with van der Waals surface area (Å²) in [5, 5.41) is 2.57. The van der Waals surface area contributed by atoms with Crippen molar-refractivity contribution in [3.63, 3.8) is 0 Å². The molecule has 2 fully saturated rings. The summed E-state index contributed by atoms with van der Waals surface area (Å²) in [5.74, 6) is -2.31. The highest BCUT2D eigenvalue weighted by Gasteiger charge is 2.36. The summed E-state index contributed by atoms with van der Waals surface area (Å²) in [5.41, 5.74) is -1.29. The maximum atomic E-state index is 15.9. The quantitative estimate of drug-likeness (QED) is 0.360. The van der Waals surface area contributed by atoms with E-state index in [1.807, 2.05) is 25.8 Å². The summed E-state index contributed by atoms with van der Waals surface area (Å²) in [6.45, 7) is 10.7. The fraction of sp³-hybridized carbons (Fsp3) is 0.469. The Hall–Kier alpha value is -3.84. The van der Waals surface area contributed by atoms with Crippen molar-refractivity contribution >= 4 is 23.2 Å². The number of likely N-dealkylation sites (N-methyl/N-ethyl adjacent to an activating group) is 2. The van der Waals surface area contributed by atoms with Crippen molar-refractivity contribution in [2.45, 2.75) is 58.0 Å². The number of nitrogens with one attached hydrogen (secondary N) is 1. The molecular weight excluding hydrogens is 593 g/mol. The minimum atomic E-state index is -4.97. The summed E-state index contributed by atoms with van der Waals surface area (Å²) < 4.78 is 70.9. The van der Waals surface area contributed by atoms with Crippen LogP contribution in [0.1, 0.15) is 43.6 Å². The Morgan fingerprint density at radius 1 is 0.822 bits per heavy atom. The van der Waals surface area contributed by atoms with E-state index in [2.05, 4.69) is 50.9 Å². The SMILES string of the molecule is CC1CN(c2ncc(-c3cc(NC(=O)c4ccc(F)cc4C(F)(F)F)c(N4CC(C)N(C)C(C)C4)cc3F)cn2)CC(C)N1C. The average molecular weight is 632 g/mol. The van der Waals surface area contributed by atoms with Crippen molar-refractivity contribution in [1.29, 1.82) is 0 Å². The first-order valence-electron chi connectivity index (χ1n) is 14.9. The molecule has 2 aliphatic rings. The second-order valence-electron chi connectivity index (χ2n) is 12.3. The molecule has 3 aromatic rings. The third kappa shape index (κ3) is 6.74. The lowest BCUT2D eigenvalue weighted by Crippen LogP contribution is -2.55. The normalized spacial score (nSPS) is 23.4. The number of anilines is 3. The van der Waals surface area contributed by atoms with Gasteiger partial charge in [-0.25, -0.2) is 18.7 Å². The molecule has 1 amide bonds. The van der Waals surface area contributed by atoms with Crippen LogP contribution in [0.25, 0.3) is 11.1 Å². The molecular formula is C32H38F5N7O. The van der Waals surface area contributed by atoms with E-state index in [0.717, 1.165) is 25.2 Å². The van der Waals surface area contributed by atoms with Crippen molar-refractivity contribution in [1.82, 2.24) is 19.8 Å². The number of halogens is 5. The predicted molar refractivity (Wildman–Crippen MR) is 165 cm³/mol. The Kier molecular flexibility index (Phi) is 9.05. The molecule has 3 heterocycles. The molecule has 1 aromatic heterocycles. The first-order chi connectivity index (χ1) is 21.1. The van der Waals surface area contributed by atoms with Crippen molar-refractivity contribution in [3.05, 3.63) is 65.5 Å². The van der Waals surface area contributed by atoms with Crippen LogP contribution >= 0.6 is 0 Å². The lowest BCUT2D eigenvalue weighted by Gasteiger charge is -2.44. The summed E-state index contributed by atoms with van der Waals surface area (Å²) in [6, 6.07) is 5.28. The highest BCUT2D eigenvalue weighted by atomic mass is 19.4. The van der Waals surface area contributed by atoms with Crippen molar-refractivity contribution in [2.24, 2.45) is 0 Å². The molecule has 8 nitrogen and oxygen atoms in total. The van der Waals surface area contributed by atoms with E-state index in [-0.39, 0.29) is 41.5 Å². The summed E-state index contributed by atoms with van der Waals surface area (Å²) >= 11 is 0. The Labute approximate surface area is 259 Å². The van der Waals surface area contributed by atoms with Crippen LogP contribution in [0, 0.1) is 11.6 Å². The monoisotopic (exact) mass is 631 g/mol. The molecule has 0 aliphatic carbocycles. The molecule has 242 valence electrons. The van der Waals surface area contributed by atoms with Gasteiger partial charge < -0.3 is 15.1 Å². The Balaban J connectivity index is 1.52. The van der Waals surface area contributed by atoms with Crippen molar-refractivity contribution in [3.8, 4) is 11.1 Å². The number of hydrogen-bond donors (Lipinski definition) is 1. The van der Waals surface area contributed by atoms with Gasteiger partial charge in [0.25, 0.3) is 5.91 Å². The van der Waals surface area contributed by atoms with Gasteiger partial charge in [0, 0.05) is 73.9 Å². The lowest BCUT2D eigenvalue weighted by molar-refractivity contribution is -0.138. The van der Waals surface area contributed by atoms with E-state index < -0.39 is 34.8 Å². The largest absolute Gasteiger partial charge is 0.417 e. The van der Waals surface area contributed by atoms with Crippen LogP contribution in [-0.4, -0.2) is 90.1 Å². The smallest absolute Gasteiger partial charge is 0.367 e. The van der Waals surface area contributed by atoms with Crippen LogP contribution in [0.5, 0.6) is 0 Å². The first-order valence-corrected chi connectivity index (χ1v) is 14.9. The fourth-order valence-electron chi connectivity index (χ4n) is 6.08. The van der Waals surface area contributed by atoms with Gasteiger partial charge in [-0.3, -0.25) is 14.6 Å². The van der Waals surface area contributed by atoms with Gasteiger partial charge in [0.05, 0.1) is 22.5 Å². The number of amides is 1. The van der Waals surface area contributed by atoms with Crippen LogP contribution < -0.4 is 15.1 Å². The highest BCUT2D eigenvalue weighted by Crippen LogP contribution is 2.38. The Bertz CT molecular complexity index is 1530. The van der Waals surface area contributed by atoms with Gasteiger partial charge in [-0.1, -0.05) is 0 Å². The van der Waals surface area contributed by atoms with E-state index in [9.17, 15) is 22.4 Å². The molecule has 0 bridgehead atoms. The van der Waals surface area contributed by atoms with Crippen LogP contribution in [-0.2, 0) is 6.18 Å². The highest BCUT2D eigenvalue weighted by molar-refractivity contribution is 6.07. The summed E-state index contributed by atoms with van der Waals surface area (Å²) in [4.78, 5) is 30.8. The number of piperazine rings is 2. The molecule has 2 saturated heterocycles. The minimum Gasteiger partial charge on any atom is -0.367 e. The van der Waals surface area contributed by atoms with Gasteiger partial charge in [0.1, 0.15) is 11.6 Å². The zero-order chi connectivity index (χ0) is 32.8. The molecule has 0 spiro atoms. The van der Waals surface area contributed by atoms with Gasteiger partial charge in [-0.2, -0.15) is 13.2 Å². The molecule has 0 radical (unpaired) electrons. The molecule has 0 saturated carbocycles. The van der Waals surface area contributed by atoms with E-state index in [1.165, 1.54) is 24.5 Å². The molecule has 5 rings (SSSR count). The first kappa shape index (κ1) is 32.6. The molecule has 2 aliphatic heterocycles. The lowest BCUT2D eigenvalue weighted by atomic mass is 10.0. The maximum Gasteiger partial charge on any atom is 0.417 e. The number of benzene rings is 2. The van der Waals surface area contributed by atoms with Crippen LogP contribution in [0.3, 0.4) is 0 Å². The summed E-state index contributed by atoms with van der Waals surface area (Å²) in [7, 11) is 4.06. The van der Waals surface area contributed by atoms with Gasteiger partial charge >= 0.3 is 6.18 Å². The molecule has 4 unspecified atom stereocenters. The maximum absolute atomic E-state index is 15.9. The zero-order valence-corrected chi connectivity index (χ0v) is 26.2. The average Bonchev–Trinajstić information content (AvgIpc) is 2.98. The van der Waals surface area contributed by atoms with E-state index in [0.29, 0.717) is 30.3 Å². The van der Waals surface area contributed by atoms with E-state index in [1.54, 1.807) is 0 Å². The minimum absolute atomic E-state index is 0.0751. The Morgan fingerprint density at radius 3 is 1.89 bits per heavy atom. The molecule has 13 heteroatoms. The van der Waals surface area contributed by atoms with E-state index in [4.69, 9.17) is 0 Å². The second kappa shape index (κ2) is 12.5. The van der Waals surface area contributed by atoms with Crippen LogP contribution in [0.2, 0.25) is 0 Å². The number of carbonyl (C=O) groups excluding carboxylic acids is 1. The standard InChI is InChI=1S/C32H38F5N7O/c1-18-14-43(15-19(2)41(18)5)29-11-27(34)25(22-12-38-31(39-13-22)44-16-20(3)42(6)21(4)17-44)10-28(29)40-30(45)24-8-7-23(33)9-26(24)32(35,36)37/h7-13,18-21H,14-17H2,1-6H3,(H,40,45). The van der Waals surface area contributed by atoms with Crippen LogP contribution in [0.15, 0.2) is 42.7 Å². The van der Waals surface area contributed by atoms with Crippen molar-refractivity contribution in [2.75, 3.05) is 55.4 Å². The predicted octanol–water partition coefficient (Wildman–Crippen LogP) is 5.75. The number of rotatable bonds is 5. The zero-order valence-electron chi connectivity index (χ0n) is 26.2. The summed E-state index contributed by atoms with van der Waals surface area (Å²) in [6.07, 6.45) is -1.96. The third-order valence-corrected chi connectivity index (χ3v) is 9.16. The number of aromatic nitrogens is 2. The van der Waals surface area contributed by atoms with Gasteiger partial charge in [-0.05, 0) is 72.1 Å². The number of alkyl halides is 3. The van der Waals surface area contributed by atoms with Crippen LogP contribution in [0.4, 0.5) is 39.3 Å². The molecule has 45 heavy (non-hydrogen) atoms. The fourth-order valence-corrected chi connectivity index (χ4v) is 6.08. The van der Waals surface area contributed by atoms with Crippen molar-refractivity contribution < 1.29 is 26.7 Å². The number of carbonyl (C=O) groups is 1. The van der Waals surface area contributed by atoms with Gasteiger partial charge in [0.15, 0.2) is 0 Å². The second-order valence-corrected chi connectivity index (χ2v) is 12.3.